The first-order valence-corrected chi connectivity index (χ1v) is 11.7. The molecule has 2 atom stereocenters. The van der Waals surface area contributed by atoms with Gasteiger partial charge in [-0.2, -0.15) is 0 Å². The number of nitrogens with zero attached hydrogens (tertiary/aromatic N) is 2. The third-order valence-corrected chi connectivity index (χ3v) is 6.74. The minimum atomic E-state index is -0.896. The summed E-state index contributed by atoms with van der Waals surface area (Å²) in [6, 6.07) is 11.5. The number of aryl methyl sites for hydroxylation is 1. The molecule has 0 fully saturated rings. The van der Waals surface area contributed by atoms with Crippen molar-refractivity contribution in [2.45, 2.75) is 57.5 Å². The molecule has 1 amide bonds. The first-order chi connectivity index (χ1) is 16.4. The zero-order valence-electron chi connectivity index (χ0n) is 19.0. The fraction of sp³-hybridized carbons (Fsp3) is 0.346. The highest BCUT2D eigenvalue weighted by molar-refractivity contribution is 5.88. The third-order valence-electron chi connectivity index (χ3n) is 6.74. The number of amides is 1. The van der Waals surface area contributed by atoms with E-state index in [1.165, 1.54) is 12.1 Å². The molecule has 1 aliphatic carbocycles. The van der Waals surface area contributed by atoms with E-state index >= 15 is 0 Å². The molecule has 4 aromatic rings. The molecule has 2 aromatic carbocycles. The van der Waals surface area contributed by atoms with Gasteiger partial charge in [0, 0.05) is 35.5 Å². The number of aliphatic carboxylic acids is 1. The maximum Gasteiger partial charge on any atom is 0.326 e. The van der Waals surface area contributed by atoms with Crippen LogP contribution in [0.1, 0.15) is 49.3 Å². The van der Waals surface area contributed by atoms with E-state index in [-0.39, 0.29) is 17.8 Å². The van der Waals surface area contributed by atoms with Gasteiger partial charge in [0.1, 0.15) is 17.7 Å². The minimum Gasteiger partial charge on any atom is -0.480 e. The third kappa shape index (κ3) is 4.04. The number of hydrogen-bond donors (Lipinski definition) is 3. The van der Waals surface area contributed by atoms with Crippen molar-refractivity contribution in [1.29, 1.82) is 0 Å². The lowest BCUT2D eigenvalue weighted by Crippen LogP contribution is -2.39. The molecule has 0 radical (unpaired) electrons. The molecule has 34 heavy (non-hydrogen) atoms. The van der Waals surface area contributed by atoms with Crippen molar-refractivity contribution in [1.82, 2.24) is 19.9 Å². The molecule has 2 aromatic heterocycles. The minimum absolute atomic E-state index is 0.0548. The highest BCUT2D eigenvalue weighted by atomic mass is 19.1. The maximum atomic E-state index is 14.1. The number of aromatic amines is 1. The van der Waals surface area contributed by atoms with Gasteiger partial charge in [-0.05, 0) is 61.6 Å². The number of carboxylic acid groups (broad SMARTS) is 1. The second-order valence-electron chi connectivity index (χ2n) is 8.93. The fourth-order valence-electron chi connectivity index (χ4n) is 5.17. The first-order valence-electron chi connectivity index (χ1n) is 11.7. The molecule has 176 valence electrons. The second-order valence-corrected chi connectivity index (χ2v) is 8.93. The number of imidazole rings is 1. The highest BCUT2D eigenvalue weighted by Crippen LogP contribution is 2.36. The van der Waals surface area contributed by atoms with Crippen molar-refractivity contribution in [2.24, 2.45) is 0 Å². The Morgan fingerprint density at radius 2 is 2.12 bits per heavy atom. The normalized spacial score (nSPS) is 16.5. The number of carbonyl (C=O) groups excluding carboxylic acids is 1. The van der Waals surface area contributed by atoms with Crippen LogP contribution < -0.4 is 5.32 Å². The van der Waals surface area contributed by atoms with E-state index in [0.717, 1.165) is 39.0 Å². The molecule has 0 saturated carbocycles. The number of carboxylic acids is 1. The largest absolute Gasteiger partial charge is 0.480 e. The van der Waals surface area contributed by atoms with Gasteiger partial charge < -0.3 is 20.0 Å². The summed E-state index contributed by atoms with van der Waals surface area (Å²) in [7, 11) is 0. The van der Waals surface area contributed by atoms with E-state index in [9.17, 15) is 19.1 Å². The lowest BCUT2D eigenvalue weighted by atomic mass is 9.91. The summed E-state index contributed by atoms with van der Waals surface area (Å²) in [6.45, 7) is 1.84. The van der Waals surface area contributed by atoms with Gasteiger partial charge in [0.2, 0.25) is 5.91 Å². The van der Waals surface area contributed by atoms with Crippen LogP contribution in [0.25, 0.3) is 21.9 Å². The molecule has 2 heterocycles. The summed E-state index contributed by atoms with van der Waals surface area (Å²) in [4.78, 5) is 32.4. The average molecular weight is 463 g/mol. The zero-order chi connectivity index (χ0) is 23.8. The van der Waals surface area contributed by atoms with Crippen LogP contribution in [0.3, 0.4) is 0 Å². The number of fused-ring (bicyclic) bond motifs is 4. The number of rotatable bonds is 7. The van der Waals surface area contributed by atoms with Crippen LogP contribution in [0, 0.1) is 5.82 Å². The monoisotopic (exact) mass is 462 g/mol. The molecule has 8 heteroatoms. The Morgan fingerprint density at radius 3 is 2.88 bits per heavy atom. The van der Waals surface area contributed by atoms with Crippen LogP contribution >= 0.6 is 0 Å². The smallest absolute Gasteiger partial charge is 0.326 e. The molecule has 1 unspecified atom stereocenters. The van der Waals surface area contributed by atoms with Gasteiger partial charge in [-0.25, -0.2) is 14.2 Å². The summed E-state index contributed by atoms with van der Waals surface area (Å²) in [5.41, 5.74) is 4.43. The zero-order valence-corrected chi connectivity index (χ0v) is 19.0. The predicted molar refractivity (Wildman–Crippen MR) is 127 cm³/mol. The van der Waals surface area contributed by atoms with Crippen molar-refractivity contribution in [3.8, 4) is 0 Å². The van der Waals surface area contributed by atoms with Crippen molar-refractivity contribution in [2.75, 3.05) is 0 Å². The molecule has 1 aliphatic rings. The fourth-order valence-corrected chi connectivity index (χ4v) is 5.17. The molecule has 0 bridgehead atoms. The summed E-state index contributed by atoms with van der Waals surface area (Å²) in [6.07, 6.45) is 3.15. The van der Waals surface area contributed by atoms with Gasteiger partial charge in [0.15, 0.2) is 0 Å². The van der Waals surface area contributed by atoms with Crippen LogP contribution in [-0.2, 0) is 28.9 Å². The Morgan fingerprint density at radius 1 is 1.29 bits per heavy atom. The Balaban J connectivity index is 1.33. The van der Waals surface area contributed by atoms with Gasteiger partial charge >= 0.3 is 5.97 Å². The van der Waals surface area contributed by atoms with Crippen LogP contribution in [0.2, 0.25) is 0 Å². The van der Waals surface area contributed by atoms with E-state index < -0.39 is 12.0 Å². The number of para-hydroxylation sites is 2. The number of benzene rings is 2. The van der Waals surface area contributed by atoms with Crippen LogP contribution in [0.4, 0.5) is 4.39 Å². The van der Waals surface area contributed by atoms with Crippen LogP contribution in [0.5, 0.6) is 0 Å². The Labute approximate surface area is 196 Å². The average Bonchev–Trinajstić information content (AvgIpc) is 3.37. The Hall–Kier alpha value is -3.68. The van der Waals surface area contributed by atoms with Gasteiger partial charge in [-0.3, -0.25) is 4.79 Å². The quantitative estimate of drug-likeness (QED) is 0.381. The molecule has 0 aliphatic heterocycles. The number of H-pyrrole nitrogens is 1. The van der Waals surface area contributed by atoms with E-state index in [2.05, 4.69) is 15.3 Å². The molecule has 5 rings (SSSR count). The molecule has 3 N–H and O–H groups in total. The van der Waals surface area contributed by atoms with Crippen molar-refractivity contribution < 1.29 is 19.1 Å². The molecular formula is C26H27FN4O3. The van der Waals surface area contributed by atoms with Crippen LogP contribution in [0.15, 0.2) is 42.5 Å². The molecule has 0 spiro atoms. The van der Waals surface area contributed by atoms with E-state index in [4.69, 9.17) is 0 Å². The Bertz CT molecular complexity index is 1360. The SMILES string of the molecule is CCC(C(=O)O)n1c2c(c3cc(F)ccc31)C[C@@H](NC(=O)CCc1nc3ccccc3[nH]1)CC2. The molecule has 7 nitrogen and oxygen atoms in total. The number of hydrogen-bond acceptors (Lipinski definition) is 3. The Kier molecular flexibility index (Phi) is 5.81. The van der Waals surface area contributed by atoms with Crippen molar-refractivity contribution in [3.05, 3.63) is 65.4 Å². The van der Waals surface area contributed by atoms with Crippen molar-refractivity contribution >= 4 is 33.8 Å². The van der Waals surface area contributed by atoms with E-state index in [1.807, 2.05) is 35.8 Å². The van der Waals surface area contributed by atoms with E-state index in [0.29, 0.717) is 38.5 Å². The summed E-state index contributed by atoms with van der Waals surface area (Å²) in [5.74, 6) is -0.527. The number of carbonyl (C=O) groups is 2. The number of nitrogens with one attached hydrogen (secondary N) is 2. The van der Waals surface area contributed by atoms with Gasteiger partial charge in [0.05, 0.1) is 11.0 Å². The highest BCUT2D eigenvalue weighted by Gasteiger charge is 2.30. The summed E-state index contributed by atoms with van der Waals surface area (Å²) in [5, 5.41) is 13.6. The molecule has 0 saturated heterocycles. The maximum absolute atomic E-state index is 14.1. The number of halogens is 1. The topological polar surface area (TPSA) is 100 Å². The van der Waals surface area contributed by atoms with Crippen LogP contribution in [-0.4, -0.2) is 37.6 Å². The second kappa shape index (κ2) is 8.93. The molecular weight excluding hydrogens is 435 g/mol. The predicted octanol–water partition coefficient (Wildman–Crippen LogP) is 4.30. The van der Waals surface area contributed by atoms with Gasteiger partial charge in [-0.15, -0.1) is 0 Å². The summed E-state index contributed by atoms with van der Waals surface area (Å²) >= 11 is 0. The van der Waals surface area contributed by atoms with Gasteiger partial charge in [-0.1, -0.05) is 19.1 Å². The number of aromatic nitrogens is 3. The standard InChI is InChI=1S/C26H27FN4O3/c1-2-21(26(33)34)31-22-9-7-15(27)13-17(22)18-14-16(8-10-23(18)31)28-25(32)12-11-24-29-19-5-3-4-6-20(19)30-24/h3-7,9,13,16,21H,2,8,10-12,14H2,1H3,(H,28,32)(H,29,30)(H,33,34)/t16-,21?/m0/s1. The van der Waals surface area contributed by atoms with E-state index in [1.54, 1.807) is 6.07 Å². The lowest BCUT2D eigenvalue weighted by Gasteiger charge is -2.26. The summed E-state index contributed by atoms with van der Waals surface area (Å²) < 4.78 is 16.0. The lowest BCUT2D eigenvalue weighted by molar-refractivity contribution is -0.141. The van der Waals surface area contributed by atoms with Crippen molar-refractivity contribution in [3.63, 3.8) is 0 Å². The first kappa shape index (κ1) is 22.1. The van der Waals surface area contributed by atoms with Gasteiger partial charge in [0.25, 0.3) is 0 Å².